The van der Waals surface area contributed by atoms with Gasteiger partial charge in [-0.2, -0.15) is 0 Å². The fourth-order valence-corrected chi connectivity index (χ4v) is 2.96. The molecule has 2 N–H and O–H groups in total. The number of imidazole rings is 1. The van der Waals surface area contributed by atoms with E-state index in [1.165, 1.54) is 5.56 Å². The predicted molar refractivity (Wildman–Crippen MR) is 108 cm³/mol. The Hall–Kier alpha value is -2.46. The van der Waals surface area contributed by atoms with E-state index in [-0.39, 0.29) is 5.41 Å². The van der Waals surface area contributed by atoms with Crippen LogP contribution in [0.3, 0.4) is 0 Å². The molecule has 2 aromatic carbocycles. The molecule has 128 valence electrons. The molecule has 0 saturated carbocycles. The third kappa shape index (κ3) is 3.97. The quantitative estimate of drug-likeness (QED) is 0.704. The Kier molecular flexibility index (Phi) is 4.73. The summed E-state index contributed by atoms with van der Waals surface area (Å²) >= 11 is 5.07. The monoisotopic (exact) mass is 349 g/mol. The summed E-state index contributed by atoms with van der Waals surface area (Å²) in [6.07, 6.45) is 3.84. The zero-order valence-electron chi connectivity index (χ0n) is 14.9. The first-order valence-electron chi connectivity index (χ1n) is 8.35. The van der Waals surface area contributed by atoms with Gasteiger partial charge in [0.05, 0.1) is 0 Å². The van der Waals surface area contributed by atoms with Crippen molar-refractivity contribution < 1.29 is 0 Å². The second-order valence-corrected chi connectivity index (χ2v) is 7.71. The zero-order valence-corrected chi connectivity index (χ0v) is 15.7. The van der Waals surface area contributed by atoms with Crippen molar-refractivity contribution in [3.05, 3.63) is 77.6 Å². The highest BCUT2D eigenvalue weighted by Crippen LogP contribution is 2.25. The minimum absolute atomic E-state index is 0.148. The van der Waals surface area contributed by atoms with Crippen molar-refractivity contribution in [2.75, 3.05) is 0 Å². The van der Waals surface area contributed by atoms with Crippen molar-refractivity contribution in [1.29, 1.82) is 0 Å². The van der Waals surface area contributed by atoms with Crippen molar-refractivity contribution in [3.63, 3.8) is 0 Å². The topological polar surface area (TPSA) is 43.8 Å². The number of thiocarbonyl (C=S) groups is 1. The average Bonchev–Trinajstić information content (AvgIpc) is 3.02. The molecule has 0 aliphatic carbocycles. The largest absolute Gasteiger partial charge is 0.389 e. The van der Waals surface area contributed by atoms with E-state index in [0.29, 0.717) is 4.99 Å². The SMILES string of the molecule is CC(C)(C)c1ccc(-c2nccn2Cc2cccc(C(N)=S)c2)cc1. The highest BCUT2D eigenvalue weighted by Gasteiger charge is 2.14. The zero-order chi connectivity index (χ0) is 18.0. The average molecular weight is 350 g/mol. The summed E-state index contributed by atoms with van der Waals surface area (Å²) in [6.45, 7) is 7.39. The van der Waals surface area contributed by atoms with Crippen LogP contribution in [-0.2, 0) is 12.0 Å². The molecule has 1 aromatic heterocycles. The predicted octanol–water partition coefficient (Wildman–Crippen LogP) is 4.53. The molecule has 0 fully saturated rings. The van der Waals surface area contributed by atoms with Gasteiger partial charge in [0, 0.05) is 30.1 Å². The Morgan fingerprint density at radius 1 is 1.12 bits per heavy atom. The molecule has 3 aromatic rings. The number of aromatic nitrogens is 2. The van der Waals surface area contributed by atoms with E-state index >= 15 is 0 Å². The van der Waals surface area contributed by atoms with E-state index in [4.69, 9.17) is 18.0 Å². The summed E-state index contributed by atoms with van der Waals surface area (Å²) in [5.74, 6) is 0.959. The van der Waals surface area contributed by atoms with Gasteiger partial charge in [-0.1, -0.05) is 75.5 Å². The van der Waals surface area contributed by atoms with Crippen molar-refractivity contribution >= 4 is 17.2 Å². The number of rotatable bonds is 4. The Bertz CT molecular complexity index is 886. The molecule has 0 aliphatic heterocycles. The van der Waals surface area contributed by atoms with Crippen LogP contribution in [0.25, 0.3) is 11.4 Å². The summed E-state index contributed by atoms with van der Waals surface area (Å²) < 4.78 is 2.14. The first-order chi connectivity index (χ1) is 11.8. The van der Waals surface area contributed by atoms with Gasteiger partial charge >= 0.3 is 0 Å². The van der Waals surface area contributed by atoms with Gasteiger partial charge in [0.2, 0.25) is 0 Å². The van der Waals surface area contributed by atoms with Gasteiger partial charge in [0.1, 0.15) is 10.8 Å². The van der Waals surface area contributed by atoms with Gasteiger partial charge in [-0.3, -0.25) is 0 Å². The molecule has 0 spiro atoms. The normalized spacial score (nSPS) is 11.5. The Labute approximate surface area is 154 Å². The maximum absolute atomic E-state index is 5.74. The third-order valence-corrected chi connectivity index (χ3v) is 4.52. The summed E-state index contributed by atoms with van der Waals surface area (Å²) in [4.78, 5) is 4.97. The molecule has 0 aliphatic rings. The van der Waals surface area contributed by atoms with Gasteiger partial charge in [-0.25, -0.2) is 4.98 Å². The van der Waals surface area contributed by atoms with Crippen LogP contribution in [0, 0.1) is 0 Å². The molecule has 0 amide bonds. The molecular weight excluding hydrogens is 326 g/mol. The molecule has 0 saturated heterocycles. The first kappa shape index (κ1) is 17.4. The Morgan fingerprint density at radius 3 is 2.48 bits per heavy atom. The maximum atomic E-state index is 5.74. The minimum Gasteiger partial charge on any atom is -0.389 e. The van der Waals surface area contributed by atoms with Crippen LogP contribution in [0.4, 0.5) is 0 Å². The van der Waals surface area contributed by atoms with E-state index in [1.807, 2.05) is 30.6 Å². The molecular formula is C21H23N3S. The molecule has 0 atom stereocenters. The Morgan fingerprint density at radius 2 is 1.84 bits per heavy atom. The van der Waals surface area contributed by atoms with Gasteiger partial charge in [-0.15, -0.1) is 0 Å². The summed E-state index contributed by atoms with van der Waals surface area (Å²) in [6, 6.07) is 16.7. The fraction of sp³-hybridized carbons (Fsp3) is 0.238. The second kappa shape index (κ2) is 6.81. The summed E-state index contributed by atoms with van der Waals surface area (Å²) in [5, 5.41) is 0. The van der Waals surface area contributed by atoms with Gasteiger partial charge in [-0.05, 0) is 22.6 Å². The maximum Gasteiger partial charge on any atom is 0.140 e. The van der Waals surface area contributed by atoms with Crippen LogP contribution in [0.5, 0.6) is 0 Å². The fourth-order valence-electron chi connectivity index (χ4n) is 2.84. The molecule has 25 heavy (non-hydrogen) atoms. The third-order valence-electron chi connectivity index (χ3n) is 4.29. The molecule has 0 bridgehead atoms. The molecule has 1 heterocycles. The summed E-state index contributed by atoms with van der Waals surface area (Å²) in [5.41, 5.74) is 10.4. The van der Waals surface area contributed by atoms with Crippen molar-refractivity contribution in [2.45, 2.75) is 32.7 Å². The van der Waals surface area contributed by atoms with E-state index in [0.717, 1.165) is 29.1 Å². The highest BCUT2D eigenvalue weighted by molar-refractivity contribution is 7.80. The lowest BCUT2D eigenvalue weighted by molar-refractivity contribution is 0.590. The minimum atomic E-state index is 0.148. The second-order valence-electron chi connectivity index (χ2n) is 7.27. The van der Waals surface area contributed by atoms with Crippen molar-refractivity contribution in [2.24, 2.45) is 5.73 Å². The molecule has 3 nitrogen and oxygen atoms in total. The standard InChI is InChI=1S/C21H23N3S/c1-21(2,3)18-9-7-16(8-10-18)20-23-11-12-24(20)14-15-5-4-6-17(13-15)19(22)25/h4-13H,14H2,1-3H3,(H2,22,25). The number of hydrogen-bond donors (Lipinski definition) is 1. The van der Waals surface area contributed by atoms with Crippen LogP contribution in [-0.4, -0.2) is 14.5 Å². The molecule has 4 heteroatoms. The number of nitrogens with two attached hydrogens (primary N) is 1. The van der Waals surface area contributed by atoms with E-state index in [2.05, 4.69) is 60.7 Å². The number of hydrogen-bond acceptors (Lipinski definition) is 2. The van der Waals surface area contributed by atoms with Crippen LogP contribution in [0.2, 0.25) is 0 Å². The number of benzene rings is 2. The lowest BCUT2D eigenvalue weighted by Gasteiger charge is -2.19. The van der Waals surface area contributed by atoms with Crippen LogP contribution in [0.1, 0.15) is 37.5 Å². The first-order valence-corrected chi connectivity index (χ1v) is 8.76. The van der Waals surface area contributed by atoms with E-state index in [1.54, 1.807) is 0 Å². The van der Waals surface area contributed by atoms with E-state index < -0.39 is 0 Å². The van der Waals surface area contributed by atoms with Gasteiger partial charge < -0.3 is 10.3 Å². The van der Waals surface area contributed by atoms with Crippen molar-refractivity contribution in [1.82, 2.24) is 9.55 Å². The number of nitrogens with zero attached hydrogens (tertiary/aromatic N) is 2. The van der Waals surface area contributed by atoms with Gasteiger partial charge in [0.25, 0.3) is 0 Å². The molecule has 0 radical (unpaired) electrons. The lowest BCUT2D eigenvalue weighted by atomic mass is 9.87. The van der Waals surface area contributed by atoms with Gasteiger partial charge in [0.15, 0.2) is 0 Å². The highest BCUT2D eigenvalue weighted by atomic mass is 32.1. The molecule has 3 rings (SSSR count). The molecule has 0 unspecified atom stereocenters. The van der Waals surface area contributed by atoms with Crippen molar-refractivity contribution in [3.8, 4) is 11.4 Å². The van der Waals surface area contributed by atoms with Crippen LogP contribution >= 0.6 is 12.2 Å². The smallest absolute Gasteiger partial charge is 0.140 e. The Balaban J connectivity index is 1.88. The van der Waals surface area contributed by atoms with E-state index in [9.17, 15) is 0 Å². The summed E-state index contributed by atoms with van der Waals surface area (Å²) in [7, 11) is 0. The van der Waals surface area contributed by atoms with Crippen LogP contribution < -0.4 is 5.73 Å². The lowest BCUT2D eigenvalue weighted by Crippen LogP contribution is -2.11. The van der Waals surface area contributed by atoms with Crippen LogP contribution in [0.15, 0.2) is 60.9 Å².